The molecule has 0 saturated heterocycles. The van der Waals surface area contributed by atoms with E-state index in [0.29, 0.717) is 17.8 Å². The Labute approximate surface area is 127 Å². The Hall–Kier alpha value is -1.81. The number of hydrogen-bond donors (Lipinski definition) is 1. The van der Waals surface area contributed by atoms with Gasteiger partial charge in [0.15, 0.2) is 0 Å². The van der Waals surface area contributed by atoms with Crippen molar-refractivity contribution in [1.29, 1.82) is 0 Å². The Morgan fingerprint density at radius 3 is 2.45 bits per heavy atom. The van der Waals surface area contributed by atoms with Crippen molar-refractivity contribution < 1.29 is 9.90 Å². The molecule has 1 N–H and O–H groups in total. The Balaban J connectivity index is 2.28. The Kier molecular flexibility index (Phi) is 4.45. The van der Waals surface area contributed by atoms with Crippen molar-refractivity contribution in [1.82, 2.24) is 0 Å². The van der Waals surface area contributed by atoms with Crippen LogP contribution in [0.1, 0.15) is 21.5 Å². The summed E-state index contributed by atoms with van der Waals surface area (Å²) in [5, 5.41) is 9.27. The third kappa shape index (κ3) is 3.39. The molecule has 0 aliphatic carbocycles. The van der Waals surface area contributed by atoms with Crippen molar-refractivity contribution in [3.63, 3.8) is 0 Å². The molecule has 0 saturated carbocycles. The number of anilines is 1. The number of nitrogens with zero attached hydrogens (tertiary/aromatic N) is 1. The van der Waals surface area contributed by atoms with Crippen LogP contribution in [0.5, 0.6) is 0 Å². The van der Waals surface area contributed by atoms with Crippen LogP contribution < -0.4 is 4.90 Å². The van der Waals surface area contributed by atoms with Gasteiger partial charge in [-0.05, 0) is 30.7 Å². The monoisotopic (exact) mass is 333 g/mol. The number of carboxylic acid groups (broad SMARTS) is 1. The first kappa shape index (κ1) is 14.6. The fraction of sp³-hybridized carbons (Fsp3) is 0.188. The van der Waals surface area contributed by atoms with Gasteiger partial charge in [0.25, 0.3) is 0 Å². The highest BCUT2D eigenvalue weighted by molar-refractivity contribution is 9.10. The molecule has 0 aliphatic heterocycles. The van der Waals surface area contributed by atoms with Crippen LogP contribution in [0.3, 0.4) is 0 Å². The first-order chi connectivity index (χ1) is 9.47. The molecule has 0 aromatic heterocycles. The van der Waals surface area contributed by atoms with Gasteiger partial charge in [-0.1, -0.05) is 45.8 Å². The molecule has 0 heterocycles. The summed E-state index contributed by atoms with van der Waals surface area (Å²) in [6.45, 7) is 2.71. The summed E-state index contributed by atoms with van der Waals surface area (Å²) < 4.78 is 0.869. The lowest BCUT2D eigenvalue weighted by Crippen LogP contribution is -2.19. The molecule has 2 aromatic rings. The molecule has 0 unspecified atom stereocenters. The van der Waals surface area contributed by atoms with E-state index in [-0.39, 0.29) is 0 Å². The van der Waals surface area contributed by atoms with Crippen LogP contribution in [0.15, 0.2) is 46.9 Å². The number of halogens is 1. The second-order valence-electron chi connectivity index (χ2n) is 4.81. The van der Waals surface area contributed by atoms with Crippen LogP contribution in [0, 0.1) is 6.92 Å². The largest absolute Gasteiger partial charge is 0.478 e. The first-order valence-electron chi connectivity index (χ1n) is 6.27. The molecule has 20 heavy (non-hydrogen) atoms. The fourth-order valence-corrected chi connectivity index (χ4v) is 2.40. The van der Waals surface area contributed by atoms with Gasteiger partial charge in [-0.2, -0.15) is 0 Å². The van der Waals surface area contributed by atoms with Gasteiger partial charge in [0.05, 0.1) is 11.3 Å². The van der Waals surface area contributed by atoms with Crippen LogP contribution in [0.4, 0.5) is 5.69 Å². The predicted molar refractivity (Wildman–Crippen MR) is 84.4 cm³/mol. The molecule has 104 valence electrons. The second kappa shape index (κ2) is 6.09. The minimum atomic E-state index is -0.914. The zero-order valence-corrected chi connectivity index (χ0v) is 13.0. The average molecular weight is 334 g/mol. The lowest BCUT2D eigenvalue weighted by molar-refractivity contribution is 0.0697. The zero-order chi connectivity index (χ0) is 14.7. The molecule has 0 aliphatic rings. The summed E-state index contributed by atoms with van der Waals surface area (Å²) >= 11 is 3.39. The summed E-state index contributed by atoms with van der Waals surface area (Å²) in [7, 11) is 1.90. The van der Waals surface area contributed by atoms with Crippen molar-refractivity contribution in [3.8, 4) is 0 Å². The van der Waals surface area contributed by atoms with Gasteiger partial charge in [0.1, 0.15) is 0 Å². The van der Waals surface area contributed by atoms with Crippen LogP contribution >= 0.6 is 15.9 Å². The molecule has 2 rings (SSSR count). The summed E-state index contributed by atoms with van der Waals surface area (Å²) in [6, 6.07) is 13.4. The van der Waals surface area contributed by atoms with Gasteiger partial charge in [-0.15, -0.1) is 0 Å². The second-order valence-corrected chi connectivity index (χ2v) is 5.72. The summed E-state index contributed by atoms with van der Waals surface area (Å²) in [6.07, 6.45) is 0. The van der Waals surface area contributed by atoms with Gasteiger partial charge >= 0.3 is 5.97 Å². The maximum Gasteiger partial charge on any atom is 0.337 e. The quantitative estimate of drug-likeness (QED) is 0.915. The van der Waals surface area contributed by atoms with E-state index in [1.54, 1.807) is 12.1 Å². The Morgan fingerprint density at radius 2 is 1.85 bits per heavy atom. The molecule has 0 bridgehead atoms. The number of aryl methyl sites for hydroxylation is 1. The number of benzene rings is 2. The van der Waals surface area contributed by atoms with E-state index in [1.165, 1.54) is 5.56 Å². The number of hydrogen-bond acceptors (Lipinski definition) is 2. The van der Waals surface area contributed by atoms with Gasteiger partial charge < -0.3 is 10.0 Å². The minimum absolute atomic E-state index is 0.308. The van der Waals surface area contributed by atoms with Crippen molar-refractivity contribution in [3.05, 3.63) is 63.6 Å². The van der Waals surface area contributed by atoms with E-state index < -0.39 is 5.97 Å². The third-order valence-electron chi connectivity index (χ3n) is 3.14. The highest BCUT2D eigenvalue weighted by atomic mass is 79.9. The average Bonchev–Trinajstić information content (AvgIpc) is 2.41. The Bertz CT molecular complexity index is 623. The number of carbonyl (C=O) groups is 1. The van der Waals surface area contributed by atoms with E-state index in [1.807, 2.05) is 24.9 Å². The molecule has 0 atom stereocenters. The lowest BCUT2D eigenvalue weighted by Gasteiger charge is -2.21. The molecule has 0 amide bonds. The molecule has 4 heteroatoms. The van der Waals surface area contributed by atoms with E-state index in [9.17, 15) is 9.90 Å². The van der Waals surface area contributed by atoms with Gasteiger partial charge in [-0.25, -0.2) is 4.79 Å². The Morgan fingerprint density at radius 1 is 1.20 bits per heavy atom. The van der Waals surface area contributed by atoms with Gasteiger partial charge in [0, 0.05) is 18.1 Å². The molecule has 3 nitrogen and oxygen atoms in total. The molecular weight excluding hydrogens is 318 g/mol. The summed E-state index contributed by atoms with van der Waals surface area (Å²) in [4.78, 5) is 13.2. The molecule has 0 radical (unpaired) electrons. The van der Waals surface area contributed by atoms with E-state index >= 15 is 0 Å². The maximum absolute atomic E-state index is 11.3. The van der Waals surface area contributed by atoms with Gasteiger partial charge in [0.2, 0.25) is 0 Å². The van der Waals surface area contributed by atoms with Crippen molar-refractivity contribution in [2.24, 2.45) is 0 Å². The SMILES string of the molecule is Cc1ccc(CN(C)c2cc(Br)ccc2C(=O)O)cc1. The van der Waals surface area contributed by atoms with Gasteiger partial charge in [-0.3, -0.25) is 0 Å². The predicted octanol–water partition coefficient (Wildman–Crippen LogP) is 4.09. The van der Waals surface area contributed by atoms with Crippen molar-refractivity contribution in [2.75, 3.05) is 11.9 Å². The molecule has 0 fully saturated rings. The summed E-state index contributed by atoms with van der Waals surface area (Å²) in [5.74, 6) is -0.914. The molecule has 0 spiro atoms. The highest BCUT2D eigenvalue weighted by Gasteiger charge is 2.14. The van der Waals surface area contributed by atoms with E-state index in [2.05, 4.69) is 40.2 Å². The standard InChI is InChI=1S/C16H16BrNO2/c1-11-3-5-12(6-4-11)10-18(2)15-9-13(17)7-8-14(15)16(19)20/h3-9H,10H2,1-2H3,(H,19,20). The van der Waals surface area contributed by atoms with E-state index in [4.69, 9.17) is 0 Å². The van der Waals surface area contributed by atoms with Crippen LogP contribution in [0.25, 0.3) is 0 Å². The minimum Gasteiger partial charge on any atom is -0.478 e. The van der Waals surface area contributed by atoms with Crippen molar-refractivity contribution in [2.45, 2.75) is 13.5 Å². The third-order valence-corrected chi connectivity index (χ3v) is 3.64. The maximum atomic E-state index is 11.3. The smallest absolute Gasteiger partial charge is 0.337 e. The first-order valence-corrected chi connectivity index (χ1v) is 7.06. The number of carboxylic acids is 1. The zero-order valence-electron chi connectivity index (χ0n) is 11.4. The fourth-order valence-electron chi connectivity index (χ4n) is 2.05. The molecule has 2 aromatic carbocycles. The number of aromatic carboxylic acids is 1. The van der Waals surface area contributed by atoms with Crippen molar-refractivity contribution >= 4 is 27.6 Å². The topological polar surface area (TPSA) is 40.5 Å². The van der Waals surface area contributed by atoms with Crippen LogP contribution in [0.2, 0.25) is 0 Å². The number of rotatable bonds is 4. The molecular formula is C16H16BrNO2. The van der Waals surface area contributed by atoms with Crippen LogP contribution in [-0.2, 0) is 6.54 Å². The lowest BCUT2D eigenvalue weighted by atomic mass is 10.1. The summed E-state index contributed by atoms with van der Waals surface area (Å²) in [5.41, 5.74) is 3.37. The highest BCUT2D eigenvalue weighted by Crippen LogP contribution is 2.25. The normalized spacial score (nSPS) is 10.3. The van der Waals surface area contributed by atoms with E-state index in [0.717, 1.165) is 10.0 Å². The van der Waals surface area contributed by atoms with Crippen LogP contribution in [-0.4, -0.2) is 18.1 Å².